The maximum Gasteiger partial charge on any atom is 0.259 e. The van der Waals surface area contributed by atoms with Crippen molar-refractivity contribution in [3.05, 3.63) is 63.7 Å². The summed E-state index contributed by atoms with van der Waals surface area (Å²) in [5.41, 5.74) is 9.89. The Bertz CT molecular complexity index is 1050. The summed E-state index contributed by atoms with van der Waals surface area (Å²) in [6, 6.07) is 8.06. The van der Waals surface area contributed by atoms with E-state index in [0.29, 0.717) is 0 Å². The molecule has 0 aliphatic rings. The summed E-state index contributed by atoms with van der Waals surface area (Å²) in [4.78, 5) is 12.2. The van der Waals surface area contributed by atoms with Gasteiger partial charge < -0.3 is 9.84 Å². The molecular formula is C22H27N5O2. The lowest BCUT2D eigenvalue weighted by Crippen LogP contribution is -2.26. The van der Waals surface area contributed by atoms with Gasteiger partial charge in [0.15, 0.2) is 5.82 Å². The minimum Gasteiger partial charge on any atom is -0.376 e. The minimum atomic E-state index is -0.207. The van der Waals surface area contributed by atoms with Crippen molar-refractivity contribution in [2.24, 2.45) is 5.10 Å². The van der Waals surface area contributed by atoms with E-state index in [-0.39, 0.29) is 12.5 Å². The zero-order chi connectivity index (χ0) is 21.1. The van der Waals surface area contributed by atoms with Crippen LogP contribution in [0.2, 0.25) is 0 Å². The third-order valence-electron chi connectivity index (χ3n) is 4.81. The summed E-state index contributed by atoms with van der Waals surface area (Å²) in [5, 5.41) is 11.4. The molecule has 0 aliphatic heterocycles. The number of hydrogen-bond donors (Lipinski definition) is 2. The molecular weight excluding hydrogens is 366 g/mol. The van der Waals surface area contributed by atoms with Gasteiger partial charge in [-0.1, -0.05) is 22.9 Å². The fourth-order valence-electron chi connectivity index (χ4n) is 3.57. The minimum absolute atomic E-state index is 0.152. The van der Waals surface area contributed by atoms with Gasteiger partial charge in [0.1, 0.15) is 5.76 Å². The molecule has 0 saturated heterocycles. The fourth-order valence-corrected chi connectivity index (χ4v) is 3.57. The van der Waals surface area contributed by atoms with E-state index < -0.39 is 0 Å². The largest absolute Gasteiger partial charge is 0.376 e. The molecule has 0 unspecified atom stereocenters. The summed E-state index contributed by atoms with van der Waals surface area (Å²) < 4.78 is 7.16. The number of nitrogens with one attached hydrogen (secondary N) is 2. The van der Waals surface area contributed by atoms with Crippen LogP contribution in [0.3, 0.4) is 0 Å². The zero-order valence-electron chi connectivity index (χ0n) is 17.8. The highest BCUT2D eigenvalue weighted by molar-refractivity contribution is 5.85. The molecule has 0 fully saturated rings. The molecule has 3 aromatic rings. The van der Waals surface area contributed by atoms with Crippen molar-refractivity contribution in [2.45, 2.75) is 41.5 Å². The number of aromatic nitrogens is 2. The number of anilines is 1. The highest BCUT2D eigenvalue weighted by Gasteiger charge is 2.12. The Hall–Kier alpha value is -3.35. The van der Waals surface area contributed by atoms with Gasteiger partial charge in [-0.3, -0.25) is 9.36 Å². The van der Waals surface area contributed by atoms with E-state index in [4.69, 9.17) is 4.52 Å². The van der Waals surface area contributed by atoms with Crippen LogP contribution >= 0.6 is 0 Å². The Labute approximate surface area is 170 Å². The van der Waals surface area contributed by atoms with Crippen molar-refractivity contribution in [1.29, 1.82) is 0 Å². The number of aryl methyl sites for hydroxylation is 5. The molecule has 0 atom stereocenters. The highest BCUT2D eigenvalue weighted by Crippen LogP contribution is 2.21. The van der Waals surface area contributed by atoms with Gasteiger partial charge in [0.2, 0.25) is 0 Å². The Morgan fingerprint density at radius 3 is 2.41 bits per heavy atom. The van der Waals surface area contributed by atoms with E-state index in [1.54, 1.807) is 6.21 Å². The molecule has 2 heterocycles. The number of nitrogens with zero attached hydrogens (tertiary/aromatic N) is 3. The van der Waals surface area contributed by atoms with E-state index in [0.717, 1.165) is 45.3 Å². The molecule has 0 radical (unpaired) electrons. The van der Waals surface area contributed by atoms with Gasteiger partial charge in [0.05, 0.1) is 12.8 Å². The van der Waals surface area contributed by atoms with Crippen molar-refractivity contribution in [3.8, 4) is 5.82 Å². The summed E-state index contributed by atoms with van der Waals surface area (Å²) in [6.07, 6.45) is 1.64. The number of hydrazone groups is 1. The first-order chi connectivity index (χ1) is 13.8. The Morgan fingerprint density at radius 1 is 1.10 bits per heavy atom. The number of hydrogen-bond acceptors (Lipinski definition) is 5. The molecule has 152 valence electrons. The maximum absolute atomic E-state index is 12.2. The summed E-state index contributed by atoms with van der Waals surface area (Å²) >= 11 is 0. The SMILES string of the molecule is Cc1cc(C)c(NCC(=O)N/N=C\c2cc(C)n(-c3cc(C)on3)c2C)c(C)c1. The van der Waals surface area contributed by atoms with Crippen molar-refractivity contribution in [3.63, 3.8) is 0 Å². The smallest absolute Gasteiger partial charge is 0.259 e. The van der Waals surface area contributed by atoms with Gasteiger partial charge in [0, 0.05) is 28.7 Å². The second-order valence-corrected chi connectivity index (χ2v) is 7.38. The maximum atomic E-state index is 12.2. The van der Waals surface area contributed by atoms with Crippen LogP contribution in [0.25, 0.3) is 5.82 Å². The van der Waals surface area contributed by atoms with Crippen molar-refractivity contribution < 1.29 is 9.32 Å². The Morgan fingerprint density at radius 2 is 1.79 bits per heavy atom. The van der Waals surface area contributed by atoms with E-state index in [1.165, 1.54) is 5.56 Å². The predicted octanol–water partition coefficient (Wildman–Crippen LogP) is 3.88. The van der Waals surface area contributed by atoms with E-state index in [2.05, 4.69) is 40.1 Å². The first kappa shape index (κ1) is 20.4. The molecule has 7 nitrogen and oxygen atoms in total. The number of benzene rings is 1. The lowest BCUT2D eigenvalue weighted by Gasteiger charge is -2.13. The van der Waals surface area contributed by atoms with Crippen molar-refractivity contribution in [1.82, 2.24) is 15.1 Å². The number of rotatable bonds is 6. The fraction of sp³-hybridized carbons (Fsp3) is 0.318. The molecule has 0 saturated carbocycles. The van der Waals surface area contributed by atoms with Gasteiger partial charge in [-0.2, -0.15) is 5.10 Å². The number of carbonyl (C=O) groups is 1. The normalized spacial score (nSPS) is 11.2. The summed E-state index contributed by atoms with van der Waals surface area (Å²) in [6.45, 7) is 12.1. The van der Waals surface area contributed by atoms with Gasteiger partial charge in [-0.25, -0.2) is 5.43 Å². The molecule has 0 spiro atoms. The van der Waals surface area contributed by atoms with Crippen LogP contribution in [0.15, 0.2) is 33.9 Å². The number of carbonyl (C=O) groups excluding carboxylic acids is 1. The first-order valence-corrected chi connectivity index (χ1v) is 9.52. The van der Waals surface area contributed by atoms with Crippen LogP contribution in [-0.4, -0.2) is 28.4 Å². The average molecular weight is 393 g/mol. The van der Waals surface area contributed by atoms with Gasteiger partial charge >= 0.3 is 0 Å². The topological polar surface area (TPSA) is 84.5 Å². The van der Waals surface area contributed by atoms with Gasteiger partial charge in [-0.05, 0) is 58.7 Å². The monoisotopic (exact) mass is 393 g/mol. The first-order valence-electron chi connectivity index (χ1n) is 9.52. The Balaban J connectivity index is 1.62. The third-order valence-corrected chi connectivity index (χ3v) is 4.81. The third kappa shape index (κ3) is 4.56. The molecule has 29 heavy (non-hydrogen) atoms. The van der Waals surface area contributed by atoms with Crippen LogP contribution in [0.1, 0.15) is 39.4 Å². The van der Waals surface area contributed by atoms with Crippen LogP contribution < -0.4 is 10.7 Å². The van der Waals surface area contributed by atoms with E-state index in [1.807, 2.05) is 51.3 Å². The standard InChI is InChI=1S/C22H27N5O2/c1-13-7-14(2)22(15(3)8-13)23-12-21(28)25-24-11-19-9-16(4)27(18(19)6)20-10-17(5)29-26-20/h7-11,23H,12H2,1-6H3,(H,25,28)/b24-11-. The number of amides is 1. The molecule has 1 amide bonds. The second-order valence-electron chi connectivity index (χ2n) is 7.38. The van der Waals surface area contributed by atoms with Crippen LogP contribution in [0, 0.1) is 41.5 Å². The molecule has 1 aromatic carbocycles. The van der Waals surface area contributed by atoms with Gasteiger partial charge in [-0.15, -0.1) is 0 Å². The van der Waals surface area contributed by atoms with Crippen LogP contribution in [0.5, 0.6) is 0 Å². The zero-order valence-corrected chi connectivity index (χ0v) is 17.8. The van der Waals surface area contributed by atoms with Crippen LogP contribution in [0.4, 0.5) is 5.69 Å². The summed E-state index contributed by atoms with van der Waals surface area (Å²) in [7, 11) is 0. The summed E-state index contributed by atoms with van der Waals surface area (Å²) in [5.74, 6) is 1.28. The van der Waals surface area contributed by atoms with E-state index >= 15 is 0 Å². The second kappa shape index (κ2) is 8.34. The molecule has 0 aliphatic carbocycles. The molecule has 2 N–H and O–H groups in total. The molecule has 2 aromatic heterocycles. The quantitative estimate of drug-likeness (QED) is 0.492. The lowest BCUT2D eigenvalue weighted by molar-refractivity contribution is -0.119. The van der Waals surface area contributed by atoms with Crippen LogP contribution in [-0.2, 0) is 4.79 Å². The molecule has 3 rings (SSSR count). The van der Waals surface area contributed by atoms with E-state index in [9.17, 15) is 4.79 Å². The Kier molecular flexibility index (Phi) is 5.87. The van der Waals surface area contributed by atoms with Gasteiger partial charge in [0.25, 0.3) is 5.91 Å². The predicted molar refractivity (Wildman–Crippen MR) is 115 cm³/mol. The molecule has 0 bridgehead atoms. The van der Waals surface area contributed by atoms with Crippen molar-refractivity contribution in [2.75, 3.05) is 11.9 Å². The molecule has 7 heteroatoms. The highest BCUT2D eigenvalue weighted by atomic mass is 16.5. The lowest BCUT2D eigenvalue weighted by atomic mass is 10.1. The average Bonchev–Trinajstić information content (AvgIpc) is 3.16. The van der Waals surface area contributed by atoms with Crippen molar-refractivity contribution >= 4 is 17.8 Å².